The summed E-state index contributed by atoms with van der Waals surface area (Å²) in [5.41, 5.74) is 5.99. The molecule has 0 aromatic heterocycles. The first-order valence-electron chi connectivity index (χ1n) is 8.58. The molecule has 1 aromatic carbocycles. The molecule has 24 heavy (non-hydrogen) atoms. The molecule has 2 aliphatic heterocycles. The Kier molecular flexibility index (Phi) is 3.24. The summed E-state index contributed by atoms with van der Waals surface area (Å²) in [6.07, 6.45) is 4.61. The SMILES string of the molecule is [B]c1ccc2c(c1)C1(CC3(CCC(C)CC3)O2)N=C(N)N(C)C1=O. The van der Waals surface area contributed by atoms with Gasteiger partial charge >= 0.3 is 0 Å². The lowest BCUT2D eigenvalue weighted by molar-refractivity contribution is -0.135. The molecule has 124 valence electrons. The van der Waals surface area contributed by atoms with E-state index in [9.17, 15) is 4.79 Å². The zero-order valence-corrected chi connectivity index (χ0v) is 14.2. The van der Waals surface area contributed by atoms with E-state index in [-0.39, 0.29) is 17.5 Å². The van der Waals surface area contributed by atoms with Crippen LogP contribution in [-0.4, -0.2) is 37.3 Å². The summed E-state index contributed by atoms with van der Waals surface area (Å²) in [4.78, 5) is 19.2. The lowest BCUT2D eigenvalue weighted by Gasteiger charge is -2.48. The minimum Gasteiger partial charge on any atom is -0.487 e. The van der Waals surface area contributed by atoms with E-state index >= 15 is 0 Å². The number of benzene rings is 1. The van der Waals surface area contributed by atoms with Crippen molar-refractivity contribution in [3.8, 4) is 5.75 Å². The first-order valence-corrected chi connectivity index (χ1v) is 8.58. The van der Waals surface area contributed by atoms with Crippen molar-refractivity contribution >= 4 is 25.2 Å². The van der Waals surface area contributed by atoms with Crippen LogP contribution in [0.25, 0.3) is 0 Å². The summed E-state index contributed by atoms with van der Waals surface area (Å²) in [5.74, 6) is 1.58. The van der Waals surface area contributed by atoms with E-state index in [1.54, 1.807) is 7.05 Å². The van der Waals surface area contributed by atoms with E-state index in [1.165, 1.54) is 4.90 Å². The molecule has 2 radical (unpaired) electrons. The topological polar surface area (TPSA) is 67.9 Å². The largest absolute Gasteiger partial charge is 0.487 e. The average molecular weight is 323 g/mol. The van der Waals surface area contributed by atoms with Crippen molar-refractivity contribution in [1.29, 1.82) is 0 Å². The van der Waals surface area contributed by atoms with Crippen LogP contribution in [0.2, 0.25) is 0 Å². The number of ether oxygens (including phenoxy) is 1. The fourth-order valence-corrected chi connectivity index (χ4v) is 4.35. The molecule has 1 saturated carbocycles. The number of carbonyl (C=O) groups is 1. The van der Waals surface area contributed by atoms with Crippen molar-refractivity contribution < 1.29 is 9.53 Å². The smallest absolute Gasteiger partial charge is 0.261 e. The van der Waals surface area contributed by atoms with E-state index < -0.39 is 5.54 Å². The Morgan fingerprint density at radius 3 is 2.71 bits per heavy atom. The molecule has 3 aliphatic rings. The number of hydrogen-bond donors (Lipinski definition) is 1. The summed E-state index contributed by atoms with van der Waals surface area (Å²) >= 11 is 0. The molecule has 1 amide bonds. The van der Waals surface area contributed by atoms with Gasteiger partial charge in [0.05, 0.1) is 0 Å². The van der Waals surface area contributed by atoms with Gasteiger partial charge in [-0.2, -0.15) is 0 Å². The van der Waals surface area contributed by atoms with Gasteiger partial charge in [0, 0.05) is 19.0 Å². The number of amides is 1. The molecule has 1 aromatic rings. The molecular formula is C18H22BN3O2. The van der Waals surface area contributed by atoms with Gasteiger partial charge in [-0.05, 0) is 37.7 Å². The molecule has 2 heterocycles. The van der Waals surface area contributed by atoms with Gasteiger partial charge in [0.25, 0.3) is 5.91 Å². The predicted molar refractivity (Wildman–Crippen MR) is 93.5 cm³/mol. The fourth-order valence-electron chi connectivity index (χ4n) is 4.35. The summed E-state index contributed by atoms with van der Waals surface area (Å²) in [6.45, 7) is 2.27. The monoisotopic (exact) mass is 323 g/mol. The van der Waals surface area contributed by atoms with Gasteiger partial charge in [0.2, 0.25) is 0 Å². The van der Waals surface area contributed by atoms with Gasteiger partial charge in [-0.1, -0.05) is 24.5 Å². The summed E-state index contributed by atoms with van der Waals surface area (Å²) in [6, 6.07) is 5.48. The van der Waals surface area contributed by atoms with Crippen LogP contribution in [0.5, 0.6) is 5.75 Å². The Morgan fingerprint density at radius 2 is 2.08 bits per heavy atom. The Morgan fingerprint density at radius 1 is 1.38 bits per heavy atom. The van der Waals surface area contributed by atoms with Crippen molar-refractivity contribution in [2.24, 2.45) is 16.6 Å². The Balaban J connectivity index is 1.87. The second-order valence-corrected chi connectivity index (χ2v) is 7.59. The first kappa shape index (κ1) is 15.5. The van der Waals surface area contributed by atoms with Crippen LogP contribution in [0.15, 0.2) is 23.2 Å². The summed E-state index contributed by atoms with van der Waals surface area (Å²) in [5, 5.41) is 0. The lowest BCUT2D eigenvalue weighted by atomic mass is 9.68. The number of rotatable bonds is 0. The quantitative estimate of drug-likeness (QED) is 0.730. The highest BCUT2D eigenvalue weighted by Gasteiger charge is 2.58. The molecule has 0 bridgehead atoms. The van der Waals surface area contributed by atoms with Crippen LogP contribution in [0, 0.1) is 5.92 Å². The summed E-state index contributed by atoms with van der Waals surface area (Å²) in [7, 11) is 7.65. The molecule has 2 spiro atoms. The first-order chi connectivity index (χ1) is 11.4. The third-order valence-electron chi connectivity index (χ3n) is 5.85. The average Bonchev–Trinajstić information content (AvgIpc) is 2.76. The Labute approximate surface area is 143 Å². The van der Waals surface area contributed by atoms with Crippen molar-refractivity contribution in [2.45, 2.75) is 50.2 Å². The van der Waals surface area contributed by atoms with E-state index in [0.29, 0.717) is 23.6 Å². The number of aliphatic imine (C=N–C) groups is 1. The standard InChI is InChI=1S/C18H22BN3O2/c1-11-5-7-17(8-6-11)10-18(15(23)22(2)16(20)21-18)13-9-12(19)3-4-14(13)24-17/h3-4,9,11H,5-8,10H2,1-2H3,(H2,20,21). The van der Waals surface area contributed by atoms with Crippen LogP contribution in [0.1, 0.15) is 44.6 Å². The predicted octanol–water partition coefficient (Wildman–Crippen LogP) is 1.19. The van der Waals surface area contributed by atoms with Crippen LogP contribution in [0.3, 0.4) is 0 Å². The van der Waals surface area contributed by atoms with Gasteiger partial charge in [-0.3, -0.25) is 9.69 Å². The lowest BCUT2D eigenvalue weighted by Crippen LogP contribution is -2.53. The molecule has 1 fully saturated rings. The number of likely N-dealkylation sites (N-methyl/N-ethyl adjacent to an activating group) is 1. The van der Waals surface area contributed by atoms with Crippen LogP contribution >= 0.6 is 0 Å². The fraction of sp³-hybridized carbons (Fsp3) is 0.556. The van der Waals surface area contributed by atoms with Crippen LogP contribution < -0.4 is 15.9 Å². The summed E-state index contributed by atoms with van der Waals surface area (Å²) < 4.78 is 6.43. The Bertz CT molecular complexity index is 740. The van der Waals surface area contributed by atoms with Crippen molar-refractivity contribution in [1.82, 2.24) is 4.90 Å². The van der Waals surface area contributed by atoms with Crippen molar-refractivity contribution in [3.63, 3.8) is 0 Å². The molecule has 0 saturated heterocycles. The number of fused-ring (bicyclic) bond motifs is 2. The number of guanidine groups is 1. The van der Waals surface area contributed by atoms with E-state index in [4.69, 9.17) is 18.3 Å². The van der Waals surface area contributed by atoms with Crippen LogP contribution in [-0.2, 0) is 10.3 Å². The Hall–Kier alpha value is -1.98. The third-order valence-corrected chi connectivity index (χ3v) is 5.85. The van der Waals surface area contributed by atoms with Crippen molar-refractivity contribution in [3.05, 3.63) is 23.8 Å². The molecule has 4 rings (SSSR count). The normalized spacial score (nSPS) is 35.1. The molecular weight excluding hydrogens is 301 g/mol. The van der Waals surface area contributed by atoms with E-state index in [1.807, 2.05) is 18.2 Å². The molecule has 6 heteroatoms. The minimum atomic E-state index is -0.998. The molecule has 2 N–H and O–H groups in total. The van der Waals surface area contributed by atoms with Gasteiger partial charge in [0.15, 0.2) is 11.5 Å². The van der Waals surface area contributed by atoms with Crippen LogP contribution in [0.4, 0.5) is 0 Å². The number of nitrogens with two attached hydrogens (primary N) is 1. The second kappa shape index (κ2) is 5.01. The van der Waals surface area contributed by atoms with Gasteiger partial charge < -0.3 is 10.5 Å². The third kappa shape index (κ3) is 2.08. The number of carbonyl (C=O) groups excluding carboxylic acids is 1. The number of hydrogen-bond acceptors (Lipinski definition) is 4. The second-order valence-electron chi connectivity index (χ2n) is 7.59. The highest BCUT2D eigenvalue weighted by molar-refractivity contribution is 6.32. The van der Waals surface area contributed by atoms with Crippen molar-refractivity contribution in [2.75, 3.05) is 7.05 Å². The maximum absolute atomic E-state index is 13.1. The maximum atomic E-state index is 13.1. The molecule has 1 aliphatic carbocycles. The highest BCUT2D eigenvalue weighted by atomic mass is 16.5. The molecule has 1 unspecified atom stereocenters. The highest BCUT2D eigenvalue weighted by Crippen LogP contribution is 2.53. The van der Waals surface area contributed by atoms with Gasteiger partial charge in [0.1, 0.15) is 19.2 Å². The van der Waals surface area contributed by atoms with Gasteiger partial charge in [-0.15, -0.1) is 0 Å². The van der Waals surface area contributed by atoms with Gasteiger partial charge in [-0.25, -0.2) is 4.99 Å². The van der Waals surface area contributed by atoms with E-state index in [2.05, 4.69) is 11.9 Å². The zero-order chi connectivity index (χ0) is 17.1. The minimum absolute atomic E-state index is 0.0897. The maximum Gasteiger partial charge on any atom is 0.261 e. The zero-order valence-electron chi connectivity index (χ0n) is 14.2. The number of nitrogens with zero attached hydrogens (tertiary/aromatic N) is 2. The molecule has 1 atom stereocenters. The van der Waals surface area contributed by atoms with E-state index in [0.717, 1.165) is 31.2 Å². The molecule has 5 nitrogen and oxygen atoms in total.